The molecule has 0 heterocycles. The highest BCUT2D eigenvalue weighted by atomic mass is 16.6. The molecule has 0 aliphatic heterocycles. The Morgan fingerprint density at radius 2 is 1.10 bits per heavy atom. The lowest BCUT2D eigenvalue weighted by atomic mass is 9.87. The highest BCUT2D eigenvalue weighted by Gasteiger charge is 2.18. The average Bonchev–Trinajstić information content (AvgIpc) is 2.65. The molecule has 1 unspecified atom stereocenters. The summed E-state index contributed by atoms with van der Waals surface area (Å²) in [5.41, 5.74) is 3.30. The second-order valence-corrected chi connectivity index (χ2v) is 9.47. The third-order valence-electron chi connectivity index (χ3n) is 4.73. The van der Waals surface area contributed by atoms with Gasteiger partial charge in [-0.2, -0.15) is 0 Å². The molecule has 0 spiro atoms. The van der Waals surface area contributed by atoms with E-state index in [-0.39, 0.29) is 17.4 Å². The summed E-state index contributed by atoms with van der Waals surface area (Å²) in [5, 5.41) is 0. The second-order valence-electron chi connectivity index (χ2n) is 9.47. The van der Waals surface area contributed by atoms with E-state index in [1.807, 2.05) is 24.3 Å². The predicted molar refractivity (Wildman–Crippen MR) is 115 cm³/mol. The van der Waals surface area contributed by atoms with Crippen molar-refractivity contribution in [3.63, 3.8) is 0 Å². The van der Waals surface area contributed by atoms with Gasteiger partial charge in [0, 0.05) is 0 Å². The monoisotopic (exact) mass is 396 g/mol. The van der Waals surface area contributed by atoms with Crippen molar-refractivity contribution in [2.45, 2.75) is 65.4 Å². The minimum Gasteiger partial charge on any atom is -0.458 e. The van der Waals surface area contributed by atoms with Gasteiger partial charge in [-0.3, -0.25) is 0 Å². The van der Waals surface area contributed by atoms with Gasteiger partial charge in [-0.05, 0) is 53.1 Å². The minimum absolute atomic E-state index is 0.00563. The molecule has 4 heteroatoms. The zero-order valence-electron chi connectivity index (χ0n) is 18.5. The largest absolute Gasteiger partial charge is 0.458 e. The number of benzene rings is 2. The molecule has 2 rings (SSSR count). The molecule has 0 N–H and O–H groups in total. The van der Waals surface area contributed by atoms with Gasteiger partial charge in [-0.25, -0.2) is 9.59 Å². The van der Waals surface area contributed by atoms with Crippen molar-refractivity contribution in [1.82, 2.24) is 0 Å². The maximum absolute atomic E-state index is 12.3. The first-order valence-corrected chi connectivity index (χ1v) is 9.97. The number of carbonyl (C=O) groups is 2. The van der Waals surface area contributed by atoms with E-state index in [2.05, 4.69) is 41.5 Å². The van der Waals surface area contributed by atoms with E-state index in [0.29, 0.717) is 11.1 Å². The number of rotatable bonds is 5. The lowest BCUT2D eigenvalue weighted by Crippen LogP contribution is -2.22. The summed E-state index contributed by atoms with van der Waals surface area (Å²) >= 11 is 0. The van der Waals surface area contributed by atoms with Gasteiger partial charge >= 0.3 is 11.9 Å². The third kappa shape index (κ3) is 6.45. The van der Waals surface area contributed by atoms with E-state index < -0.39 is 18.0 Å². The van der Waals surface area contributed by atoms with Crippen molar-refractivity contribution in [3.8, 4) is 0 Å². The summed E-state index contributed by atoms with van der Waals surface area (Å²) in [6, 6.07) is 14.8. The van der Waals surface area contributed by atoms with Gasteiger partial charge in [-0.15, -0.1) is 0 Å². The fourth-order valence-electron chi connectivity index (χ4n) is 2.77. The van der Waals surface area contributed by atoms with Crippen molar-refractivity contribution in [2.24, 2.45) is 0 Å². The first-order valence-electron chi connectivity index (χ1n) is 9.97. The van der Waals surface area contributed by atoms with Crippen LogP contribution in [0.2, 0.25) is 0 Å². The van der Waals surface area contributed by atoms with Crippen LogP contribution in [-0.4, -0.2) is 24.6 Å². The van der Waals surface area contributed by atoms with Gasteiger partial charge in [0.2, 0.25) is 0 Å². The van der Waals surface area contributed by atoms with Crippen molar-refractivity contribution in [3.05, 3.63) is 70.8 Å². The number of esters is 2. The number of ether oxygens (including phenoxy) is 2. The first-order chi connectivity index (χ1) is 13.4. The van der Waals surface area contributed by atoms with Gasteiger partial charge in [0.15, 0.2) is 0 Å². The normalized spacial score (nSPS) is 12.9. The molecule has 0 radical (unpaired) electrons. The van der Waals surface area contributed by atoms with Crippen LogP contribution in [0.25, 0.3) is 0 Å². The number of carbonyl (C=O) groups excluding carboxylic acids is 2. The molecule has 0 bridgehead atoms. The highest BCUT2D eigenvalue weighted by molar-refractivity contribution is 5.90. The van der Waals surface area contributed by atoms with Gasteiger partial charge in [0.1, 0.15) is 12.7 Å². The molecule has 0 aromatic heterocycles. The molecule has 0 aliphatic carbocycles. The van der Waals surface area contributed by atoms with Crippen molar-refractivity contribution >= 4 is 11.9 Å². The molecule has 2 aromatic rings. The highest BCUT2D eigenvalue weighted by Crippen LogP contribution is 2.23. The molecule has 0 saturated heterocycles. The molecule has 29 heavy (non-hydrogen) atoms. The Bertz CT molecular complexity index is 834. The van der Waals surface area contributed by atoms with Crippen LogP contribution in [0.1, 0.15) is 80.3 Å². The Balaban J connectivity index is 1.88. The van der Waals surface area contributed by atoms with Crippen molar-refractivity contribution in [1.29, 1.82) is 0 Å². The fourth-order valence-corrected chi connectivity index (χ4v) is 2.77. The second kappa shape index (κ2) is 8.81. The fraction of sp³-hybridized carbons (Fsp3) is 0.440. The molecular formula is C25H32O4. The van der Waals surface area contributed by atoms with Crippen LogP contribution in [0.5, 0.6) is 0 Å². The van der Waals surface area contributed by atoms with Crippen LogP contribution in [0.3, 0.4) is 0 Å². The summed E-state index contributed by atoms with van der Waals surface area (Å²) < 4.78 is 10.7. The topological polar surface area (TPSA) is 52.6 Å². The van der Waals surface area contributed by atoms with Crippen molar-refractivity contribution in [2.75, 3.05) is 6.61 Å². The Kier molecular flexibility index (Phi) is 6.89. The summed E-state index contributed by atoms with van der Waals surface area (Å²) in [6.07, 6.45) is -0.539. The number of hydrogen-bond acceptors (Lipinski definition) is 4. The first kappa shape index (κ1) is 22.7. The summed E-state index contributed by atoms with van der Waals surface area (Å²) in [6.45, 7) is 14.4. The summed E-state index contributed by atoms with van der Waals surface area (Å²) in [5.74, 6) is -0.855. The zero-order valence-corrected chi connectivity index (χ0v) is 18.5. The predicted octanol–water partition coefficient (Wildman–Crippen LogP) is 5.68. The third-order valence-corrected chi connectivity index (χ3v) is 4.73. The van der Waals surface area contributed by atoms with E-state index in [0.717, 1.165) is 11.1 Å². The minimum atomic E-state index is -0.539. The van der Waals surface area contributed by atoms with Gasteiger partial charge in [0.05, 0.1) is 11.1 Å². The Morgan fingerprint density at radius 1 is 0.724 bits per heavy atom. The van der Waals surface area contributed by atoms with Crippen LogP contribution < -0.4 is 0 Å². The molecule has 156 valence electrons. The maximum atomic E-state index is 12.3. The smallest absolute Gasteiger partial charge is 0.338 e. The molecule has 0 aliphatic rings. The van der Waals surface area contributed by atoms with Crippen LogP contribution in [0.15, 0.2) is 48.5 Å². The van der Waals surface area contributed by atoms with Crippen LogP contribution >= 0.6 is 0 Å². The van der Waals surface area contributed by atoms with Crippen LogP contribution in [0.4, 0.5) is 0 Å². The maximum Gasteiger partial charge on any atom is 0.338 e. The summed E-state index contributed by atoms with van der Waals surface area (Å²) in [4.78, 5) is 24.5. The quantitative estimate of drug-likeness (QED) is 0.610. The molecule has 2 aromatic carbocycles. The van der Waals surface area contributed by atoms with Crippen LogP contribution in [0, 0.1) is 0 Å². The average molecular weight is 397 g/mol. The van der Waals surface area contributed by atoms with Crippen molar-refractivity contribution < 1.29 is 19.1 Å². The Hall–Kier alpha value is -2.62. The molecule has 0 saturated carbocycles. The van der Waals surface area contributed by atoms with E-state index in [4.69, 9.17) is 9.47 Å². The number of hydrogen-bond donors (Lipinski definition) is 0. The van der Waals surface area contributed by atoms with E-state index in [9.17, 15) is 9.59 Å². The summed E-state index contributed by atoms with van der Waals surface area (Å²) in [7, 11) is 0. The Morgan fingerprint density at radius 3 is 1.48 bits per heavy atom. The lowest BCUT2D eigenvalue weighted by Gasteiger charge is -2.19. The zero-order chi connectivity index (χ0) is 21.8. The Labute approximate surface area is 174 Å². The SMILES string of the molecule is CC(COC(=O)c1ccc(C(C)(C)C)cc1)OC(=O)c1ccc(C(C)(C)C)cc1. The molecule has 1 atom stereocenters. The van der Waals surface area contributed by atoms with E-state index in [1.165, 1.54) is 0 Å². The van der Waals surface area contributed by atoms with Gasteiger partial charge in [0.25, 0.3) is 0 Å². The molecular weight excluding hydrogens is 364 g/mol. The van der Waals surface area contributed by atoms with E-state index >= 15 is 0 Å². The molecule has 0 amide bonds. The molecule has 0 fully saturated rings. The van der Waals surface area contributed by atoms with Gasteiger partial charge < -0.3 is 9.47 Å². The standard InChI is InChI=1S/C25H32O4/c1-17(29-23(27)19-10-14-21(15-11-19)25(5,6)7)16-28-22(26)18-8-12-20(13-9-18)24(2,3)4/h8-15,17H,16H2,1-7H3. The lowest BCUT2D eigenvalue weighted by molar-refractivity contribution is 0.00447. The van der Waals surface area contributed by atoms with E-state index in [1.54, 1.807) is 31.2 Å². The molecule has 4 nitrogen and oxygen atoms in total. The van der Waals surface area contributed by atoms with Crippen LogP contribution in [-0.2, 0) is 20.3 Å². The van der Waals surface area contributed by atoms with Gasteiger partial charge in [-0.1, -0.05) is 65.8 Å².